The molecular weight excluding hydrogens is 176 g/mol. The van der Waals surface area contributed by atoms with Gasteiger partial charge in [0.15, 0.2) is 11.1 Å². The van der Waals surface area contributed by atoms with Crippen LogP contribution in [0.5, 0.6) is 0 Å². The molecule has 5 heteroatoms. The molecule has 0 aromatic heterocycles. The van der Waals surface area contributed by atoms with Crippen molar-refractivity contribution in [3.8, 4) is 0 Å². The molecule has 0 fully saturated rings. The number of hydrogen-bond donors (Lipinski definition) is 1. The Labute approximate surface area is 74.3 Å². The minimum Gasteiger partial charge on any atom is -0.354 e. The van der Waals surface area contributed by atoms with Gasteiger partial charge in [-0.2, -0.15) is 0 Å². The van der Waals surface area contributed by atoms with Crippen LogP contribution in [0.4, 0.5) is 0 Å². The second-order valence-electron chi connectivity index (χ2n) is 2.46. The number of rotatable bonds is 4. The summed E-state index contributed by atoms with van der Waals surface area (Å²) in [7, 11) is 0. The van der Waals surface area contributed by atoms with Crippen LogP contribution in [0.1, 0.15) is 0 Å². The zero-order chi connectivity index (χ0) is 8.97. The van der Waals surface area contributed by atoms with Crippen LogP contribution < -0.4 is 0 Å². The molecule has 0 aromatic carbocycles. The van der Waals surface area contributed by atoms with E-state index in [-0.39, 0.29) is 5.75 Å². The summed E-state index contributed by atoms with van der Waals surface area (Å²) in [5.41, 5.74) is 0. The van der Waals surface area contributed by atoms with Crippen LogP contribution in [0.3, 0.4) is 0 Å². The molecule has 0 radical (unpaired) electrons. The highest BCUT2D eigenvalue weighted by atomic mass is 32.2. The van der Waals surface area contributed by atoms with Crippen LogP contribution in [-0.2, 0) is 11.1 Å². The SMILES string of the molecule is C=CC1=NCCN1CCS(=O)O. The Balaban J connectivity index is 2.38. The fourth-order valence-corrected chi connectivity index (χ4v) is 1.48. The molecule has 0 amide bonds. The summed E-state index contributed by atoms with van der Waals surface area (Å²) >= 11 is -1.71. The van der Waals surface area contributed by atoms with Gasteiger partial charge in [-0.1, -0.05) is 6.58 Å². The molecule has 1 unspecified atom stereocenters. The molecule has 0 spiro atoms. The van der Waals surface area contributed by atoms with Crippen molar-refractivity contribution in [2.45, 2.75) is 0 Å². The molecule has 0 aromatic rings. The van der Waals surface area contributed by atoms with Gasteiger partial charge in [-0.15, -0.1) is 0 Å². The monoisotopic (exact) mass is 188 g/mol. The van der Waals surface area contributed by atoms with Crippen molar-refractivity contribution in [3.05, 3.63) is 12.7 Å². The topological polar surface area (TPSA) is 52.9 Å². The van der Waals surface area contributed by atoms with Crippen LogP contribution >= 0.6 is 0 Å². The molecule has 0 bridgehead atoms. The van der Waals surface area contributed by atoms with Gasteiger partial charge in [0, 0.05) is 13.1 Å². The molecule has 4 nitrogen and oxygen atoms in total. The first-order valence-corrected chi connectivity index (χ1v) is 5.01. The quantitative estimate of drug-likeness (QED) is 0.637. The van der Waals surface area contributed by atoms with E-state index in [4.69, 9.17) is 4.55 Å². The summed E-state index contributed by atoms with van der Waals surface area (Å²) in [6.45, 7) is 5.78. The van der Waals surface area contributed by atoms with E-state index < -0.39 is 11.1 Å². The first-order chi connectivity index (χ1) is 5.74. The van der Waals surface area contributed by atoms with E-state index in [1.54, 1.807) is 6.08 Å². The molecule has 1 aliphatic heterocycles. The van der Waals surface area contributed by atoms with E-state index in [2.05, 4.69) is 11.6 Å². The summed E-state index contributed by atoms with van der Waals surface area (Å²) in [4.78, 5) is 6.12. The lowest BCUT2D eigenvalue weighted by Gasteiger charge is -2.16. The maximum absolute atomic E-state index is 10.4. The molecule has 1 rings (SSSR count). The van der Waals surface area contributed by atoms with Gasteiger partial charge in [0.2, 0.25) is 0 Å². The second-order valence-corrected chi connectivity index (χ2v) is 3.51. The highest BCUT2D eigenvalue weighted by Crippen LogP contribution is 2.01. The molecule has 1 atom stereocenters. The largest absolute Gasteiger partial charge is 0.354 e. The Hall–Kier alpha value is -0.680. The van der Waals surface area contributed by atoms with E-state index in [1.807, 2.05) is 4.90 Å². The third kappa shape index (κ3) is 2.42. The van der Waals surface area contributed by atoms with Crippen LogP contribution in [0.15, 0.2) is 17.6 Å². The third-order valence-electron chi connectivity index (χ3n) is 1.69. The van der Waals surface area contributed by atoms with Gasteiger partial charge in [0.05, 0.1) is 12.3 Å². The predicted octanol–water partition coefficient (Wildman–Crippen LogP) is 0.108. The van der Waals surface area contributed by atoms with Gasteiger partial charge >= 0.3 is 0 Å². The standard InChI is InChI=1S/C7H12N2O2S/c1-2-7-8-3-4-9(7)5-6-12(10)11/h2H,1,3-6H2,(H,10,11). The van der Waals surface area contributed by atoms with Crippen LogP contribution in [0.25, 0.3) is 0 Å². The number of amidine groups is 1. The number of aliphatic imine (C=N–C) groups is 1. The van der Waals surface area contributed by atoms with E-state index in [1.165, 1.54) is 0 Å². The summed E-state index contributed by atoms with van der Waals surface area (Å²) in [6, 6.07) is 0. The Bertz CT molecular complexity index is 227. The lowest BCUT2D eigenvalue weighted by Crippen LogP contribution is -2.30. The van der Waals surface area contributed by atoms with Crippen molar-refractivity contribution in [2.24, 2.45) is 4.99 Å². The predicted molar refractivity (Wildman–Crippen MR) is 49.7 cm³/mol. The Morgan fingerprint density at radius 1 is 1.83 bits per heavy atom. The molecule has 0 aliphatic carbocycles. The van der Waals surface area contributed by atoms with Gasteiger partial charge in [0.25, 0.3) is 0 Å². The lowest BCUT2D eigenvalue weighted by molar-refractivity contribution is 0.477. The Morgan fingerprint density at radius 2 is 2.58 bits per heavy atom. The van der Waals surface area contributed by atoms with Crippen molar-refractivity contribution in [1.29, 1.82) is 0 Å². The molecular formula is C7H12N2O2S. The van der Waals surface area contributed by atoms with Gasteiger partial charge in [-0.3, -0.25) is 4.99 Å². The smallest absolute Gasteiger partial charge is 0.154 e. The average Bonchev–Trinajstić information content (AvgIpc) is 2.47. The number of hydrogen-bond acceptors (Lipinski definition) is 3. The maximum Gasteiger partial charge on any atom is 0.154 e. The fraction of sp³-hybridized carbons (Fsp3) is 0.571. The first kappa shape index (κ1) is 9.41. The Kier molecular flexibility index (Phi) is 3.43. The lowest BCUT2D eigenvalue weighted by atomic mass is 10.5. The number of nitrogens with zero attached hydrogens (tertiary/aromatic N) is 2. The molecule has 0 saturated carbocycles. The van der Waals surface area contributed by atoms with Crippen molar-refractivity contribution in [1.82, 2.24) is 4.90 Å². The average molecular weight is 188 g/mol. The Morgan fingerprint density at radius 3 is 3.17 bits per heavy atom. The van der Waals surface area contributed by atoms with Crippen molar-refractivity contribution in [2.75, 3.05) is 25.4 Å². The van der Waals surface area contributed by atoms with Gasteiger partial charge in [0.1, 0.15) is 5.84 Å². The summed E-state index contributed by atoms with van der Waals surface area (Å²) in [5, 5.41) is 0. The zero-order valence-electron chi connectivity index (χ0n) is 6.77. The molecule has 1 N–H and O–H groups in total. The van der Waals surface area contributed by atoms with Crippen LogP contribution in [-0.4, -0.2) is 44.9 Å². The van der Waals surface area contributed by atoms with Gasteiger partial charge in [-0.25, -0.2) is 4.21 Å². The van der Waals surface area contributed by atoms with Crippen LogP contribution in [0, 0.1) is 0 Å². The van der Waals surface area contributed by atoms with E-state index >= 15 is 0 Å². The summed E-state index contributed by atoms with van der Waals surface area (Å²) in [5.74, 6) is 1.10. The van der Waals surface area contributed by atoms with Crippen LogP contribution in [0.2, 0.25) is 0 Å². The first-order valence-electron chi connectivity index (χ1n) is 3.73. The molecule has 1 heterocycles. The maximum atomic E-state index is 10.4. The highest BCUT2D eigenvalue weighted by molar-refractivity contribution is 7.79. The molecule has 68 valence electrons. The summed E-state index contributed by atoms with van der Waals surface area (Å²) in [6.07, 6.45) is 1.67. The molecule has 1 aliphatic rings. The summed E-state index contributed by atoms with van der Waals surface area (Å²) < 4.78 is 18.9. The minimum absolute atomic E-state index is 0.271. The van der Waals surface area contributed by atoms with Gasteiger partial charge in [-0.05, 0) is 6.08 Å². The minimum atomic E-state index is -1.71. The van der Waals surface area contributed by atoms with Crippen molar-refractivity contribution >= 4 is 16.9 Å². The van der Waals surface area contributed by atoms with E-state index in [9.17, 15) is 4.21 Å². The van der Waals surface area contributed by atoms with Crippen molar-refractivity contribution in [3.63, 3.8) is 0 Å². The van der Waals surface area contributed by atoms with E-state index in [0.717, 1.165) is 18.9 Å². The molecule has 0 saturated heterocycles. The van der Waals surface area contributed by atoms with Crippen molar-refractivity contribution < 1.29 is 8.76 Å². The zero-order valence-corrected chi connectivity index (χ0v) is 7.59. The fourth-order valence-electron chi connectivity index (χ4n) is 1.11. The molecule has 12 heavy (non-hydrogen) atoms. The normalized spacial score (nSPS) is 19.1. The van der Waals surface area contributed by atoms with E-state index in [0.29, 0.717) is 6.54 Å². The third-order valence-corrected chi connectivity index (χ3v) is 2.22. The second kappa shape index (κ2) is 4.37. The highest BCUT2D eigenvalue weighted by Gasteiger charge is 2.13. The van der Waals surface area contributed by atoms with Gasteiger partial charge < -0.3 is 9.45 Å².